The van der Waals surface area contributed by atoms with E-state index in [-0.39, 0.29) is 11.4 Å². The summed E-state index contributed by atoms with van der Waals surface area (Å²) in [5.74, 6) is 0. The van der Waals surface area contributed by atoms with Crippen molar-refractivity contribution < 1.29 is 8.42 Å². The van der Waals surface area contributed by atoms with Crippen molar-refractivity contribution in [3.05, 3.63) is 89.7 Å². The summed E-state index contributed by atoms with van der Waals surface area (Å²) >= 11 is 6.05. The number of aromatic nitrogens is 1. The lowest BCUT2D eigenvalue weighted by atomic mass is 10.2. The smallest absolute Gasteiger partial charge is 0.264 e. The van der Waals surface area contributed by atoms with Crippen LogP contribution in [0.1, 0.15) is 5.56 Å². The van der Waals surface area contributed by atoms with Crippen LogP contribution in [0.4, 0.5) is 5.69 Å². The van der Waals surface area contributed by atoms with Gasteiger partial charge in [-0.25, -0.2) is 8.42 Å². The van der Waals surface area contributed by atoms with Crippen molar-refractivity contribution in [2.24, 2.45) is 0 Å². The molecule has 0 amide bonds. The summed E-state index contributed by atoms with van der Waals surface area (Å²) < 4.78 is 27.6. The van der Waals surface area contributed by atoms with Gasteiger partial charge in [-0.1, -0.05) is 41.9 Å². The number of anilines is 1. The van der Waals surface area contributed by atoms with E-state index in [9.17, 15) is 8.42 Å². The van der Waals surface area contributed by atoms with Crippen molar-refractivity contribution in [1.82, 2.24) is 4.98 Å². The first-order valence-electron chi connectivity index (χ1n) is 7.29. The maximum atomic E-state index is 13.1. The molecule has 24 heavy (non-hydrogen) atoms. The van der Waals surface area contributed by atoms with Gasteiger partial charge in [-0.2, -0.15) is 0 Å². The number of sulfonamides is 1. The molecule has 3 aromatic rings. The fourth-order valence-electron chi connectivity index (χ4n) is 2.32. The van der Waals surface area contributed by atoms with Gasteiger partial charge in [-0.15, -0.1) is 0 Å². The highest BCUT2D eigenvalue weighted by atomic mass is 35.5. The minimum absolute atomic E-state index is 0.172. The highest BCUT2D eigenvalue weighted by Crippen LogP contribution is 2.27. The van der Waals surface area contributed by atoms with Gasteiger partial charge >= 0.3 is 0 Å². The second-order valence-electron chi connectivity index (χ2n) is 5.17. The molecule has 0 atom stereocenters. The summed E-state index contributed by atoms with van der Waals surface area (Å²) in [6, 6.07) is 18.8. The first-order chi connectivity index (χ1) is 11.6. The summed E-state index contributed by atoms with van der Waals surface area (Å²) in [7, 11) is -3.72. The minimum atomic E-state index is -3.72. The van der Waals surface area contributed by atoms with E-state index in [1.165, 1.54) is 4.31 Å². The Balaban J connectivity index is 2.08. The van der Waals surface area contributed by atoms with Crippen LogP contribution in [0.15, 0.2) is 84.0 Å². The van der Waals surface area contributed by atoms with Gasteiger partial charge in [-0.05, 0) is 42.0 Å². The summed E-state index contributed by atoms with van der Waals surface area (Å²) in [4.78, 5) is 4.29. The molecule has 0 bridgehead atoms. The lowest BCUT2D eigenvalue weighted by molar-refractivity contribution is 0.590. The number of benzene rings is 2. The van der Waals surface area contributed by atoms with E-state index in [0.717, 1.165) is 5.56 Å². The highest BCUT2D eigenvalue weighted by Gasteiger charge is 2.25. The Morgan fingerprint density at radius 2 is 1.75 bits per heavy atom. The summed E-state index contributed by atoms with van der Waals surface area (Å²) in [6.45, 7) is 0.172. The predicted molar refractivity (Wildman–Crippen MR) is 95.5 cm³/mol. The Morgan fingerprint density at radius 1 is 0.958 bits per heavy atom. The molecule has 6 heteroatoms. The van der Waals surface area contributed by atoms with Gasteiger partial charge in [0.05, 0.1) is 17.1 Å². The average molecular weight is 359 g/mol. The van der Waals surface area contributed by atoms with E-state index in [2.05, 4.69) is 4.98 Å². The molecule has 0 unspecified atom stereocenters. The van der Waals surface area contributed by atoms with Crippen LogP contribution in [0.5, 0.6) is 0 Å². The van der Waals surface area contributed by atoms with E-state index in [1.807, 2.05) is 6.07 Å². The maximum Gasteiger partial charge on any atom is 0.264 e. The van der Waals surface area contributed by atoms with Crippen LogP contribution in [0.2, 0.25) is 5.02 Å². The van der Waals surface area contributed by atoms with Gasteiger partial charge in [0.15, 0.2) is 0 Å². The van der Waals surface area contributed by atoms with Crippen LogP contribution in [0.3, 0.4) is 0 Å². The van der Waals surface area contributed by atoms with E-state index in [0.29, 0.717) is 10.7 Å². The fraction of sp³-hybridized carbons (Fsp3) is 0.0556. The van der Waals surface area contributed by atoms with Crippen molar-refractivity contribution in [1.29, 1.82) is 0 Å². The van der Waals surface area contributed by atoms with Crippen LogP contribution in [-0.4, -0.2) is 13.4 Å². The lowest BCUT2D eigenvalue weighted by Crippen LogP contribution is -2.30. The Bertz CT molecular complexity index is 916. The molecular weight excluding hydrogens is 344 g/mol. The minimum Gasteiger partial charge on any atom is -0.264 e. The first kappa shape index (κ1) is 16.5. The highest BCUT2D eigenvalue weighted by molar-refractivity contribution is 7.92. The van der Waals surface area contributed by atoms with E-state index < -0.39 is 10.0 Å². The second-order valence-corrected chi connectivity index (χ2v) is 7.46. The molecule has 0 N–H and O–H groups in total. The second kappa shape index (κ2) is 7.03. The summed E-state index contributed by atoms with van der Waals surface area (Å²) in [6.07, 6.45) is 3.30. The molecule has 1 heterocycles. The third-order valence-electron chi connectivity index (χ3n) is 3.48. The molecule has 0 fully saturated rings. The third-order valence-corrected chi connectivity index (χ3v) is 5.50. The lowest BCUT2D eigenvalue weighted by Gasteiger charge is -2.24. The zero-order valence-corrected chi connectivity index (χ0v) is 14.3. The SMILES string of the molecule is O=S(=O)(c1ccccc1)N(Cc1cccnc1)c1cccc(Cl)c1. The third kappa shape index (κ3) is 3.58. The molecule has 0 aliphatic heterocycles. The van der Waals surface area contributed by atoms with Gasteiger partial charge < -0.3 is 0 Å². The molecule has 122 valence electrons. The standard InChI is InChI=1S/C18H15ClN2O2S/c19-16-7-4-8-17(12-16)21(14-15-6-5-11-20-13-15)24(22,23)18-9-2-1-3-10-18/h1-13H,14H2. The van der Waals surface area contributed by atoms with E-state index >= 15 is 0 Å². The molecule has 0 spiro atoms. The monoisotopic (exact) mass is 358 g/mol. The van der Waals surface area contributed by atoms with Crippen LogP contribution in [-0.2, 0) is 16.6 Å². The van der Waals surface area contributed by atoms with E-state index in [1.54, 1.807) is 73.1 Å². The molecule has 0 radical (unpaired) electrons. The zero-order valence-electron chi connectivity index (χ0n) is 12.7. The molecule has 0 saturated heterocycles. The number of nitrogens with zero attached hydrogens (tertiary/aromatic N) is 2. The predicted octanol–water partition coefficient (Wildman–Crippen LogP) is 4.13. The average Bonchev–Trinajstić information content (AvgIpc) is 2.61. The zero-order chi connectivity index (χ0) is 17.0. The van der Waals surface area contributed by atoms with Crippen molar-refractivity contribution in [3.63, 3.8) is 0 Å². The number of rotatable bonds is 5. The van der Waals surface area contributed by atoms with Gasteiger partial charge in [0, 0.05) is 17.4 Å². The molecular formula is C18H15ClN2O2S. The summed E-state index contributed by atoms with van der Waals surface area (Å²) in [5.41, 5.74) is 1.30. The van der Waals surface area contributed by atoms with Crippen LogP contribution >= 0.6 is 11.6 Å². The van der Waals surface area contributed by atoms with Crippen LogP contribution < -0.4 is 4.31 Å². The largest absolute Gasteiger partial charge is 0.264 e. The van der Waals surface area contributed by atoms with Crippen LogP contribution in [0.25, 0.3) is 0 Å². The van der Waals surface area contributed by atoms with Crippen molar-refractivity contribution in [2.75, 3.05) is 4.31 Å². The summed E-state index contributed by atoms with van der Waals surface area (Å²) in [5, 5.41) is 0.479. The topological polar surface area (TPSA) is 50.3 Å². The Kier molecular flexibility index (Phi) is 4.83. The Labute approximate surface area is 146 Å². The molecule has 0 aliphatic rings. The number of pyridine rings is 1. The van der Waals surface area contributed by atoms with Crippen molar-refractivity contribution >= 4 is 27.3 Å². The fourth-order valence-corrected chi connectivity index (χ4v) is 3.97. The Morgan fingerprint density at radius 3 is 2.42 bits per heavy atom. The molecule has 0 saturated carbocycles. The quantitative estimate of drug-likeness (QED) is 0.689. The van der Waals surface area contributed by atoms with Gasteiger partial charge in [0.2, 0.25) is 0 Å². The molecule has 2 aromatic carbocycles. The molecule has 1 aromatic heterocycles. The van der Waals surface area contributed by atoms with Gasteiger partial charge in [0.1, 0.15) is 0 Å². The maximum absolute atomic E-state index is 13.1. The van der Waals surface area contributed by atoms with Crippen molar-refractivity contribution in [3.8, 4) is 0 Å². The molecule has 4 nitrogen and oxygen atoms in total. The van der Waals surface area contributed by atoms with Crippen molar-refractivity contribution in [2.45, 2.75) is 11.4 Å². The molecule has 0 aliphatic carbocycles. The Hall–Kier alpha value is -2.37. The number of hydrogen-bond donors (Lipinski definition) is 0. The van der Waals surface area contributed by atoms with Gasteiger partial charge in [-0.3, -0.25) is 9.29 Å². The normalized spacial score (nSPS) is 11.2. The molecule has 3 rings (SSSR count). The van der Waals surface area contributed by atoms with Crippen LogP contribution in [0, 0.1) is 0 Å². The first-order valence-corrected chi connectivity index (χ1v) is 9.11. The number of halogens is 1. The van der Waals surface area contributed by atoms with Gasteiger partial charge in [0.25, 0.3) is 10.0 Å². The van der Waals surface area contributed by atoms with E-state index in [4.69, 9.17) is 11.6 Å². The number of hydrogen-bond acceptors (Lipinski definition) is 3.